The molecule has 1 N–H and O–H groups in total. The molecule has 4 nitrogen and oxygen atoms in total. The minimum absolute atomic E-state index is 0.0870. The average molecular weight is 375 g/mol. The predicted molar refractivity (Wildman–Crippen MR) is 102 cm³/mol. The number of benzene rings is 1. The van der Waals surface area contributed by atoms with Gasteiger partial charge in [-0.3, -0.25) is 4.79 Å². The SMILES string of the molecule is CCOCCCNC(=O)/C(C#N)=C\c1ccc(-c2ccccc2Cl)s1. The summed E-state index contributed by atoms with van der Waals surface area (Å²) < 4.78 is 5.21. The first-order valence-corrected chi connectivity index (χ1v) is 9.17. The highest BCUT2D eigenvalue weighted by Crippen LogP contribution is 2.33. The Bertz CT molecular complexity index is 793. The maximum atomic E-state index is 12.1. The molecule has 0 bridgehead atoms. The van der Waals surface area contributed by atoms with Gasteiger partial charge in [-0.25, -0.2) is 0 Å². The summed E-state index contributed by atoms with van der Waals surface area (Å²) in [4.78, 5) is 13.9. The van der Waals surface area contributed by atoms with E-state index in [1.54, 1.807) is 6.08 Å². The number of rotatable bonds is 8. The molecule has 2 aromatic rings. The molecule has 6 heteroatoms. The quantitative estimate of drug-likeness (QED) is 0.420. The van der Waals surface area contributed by atoms with E-state index in [2.05, 4.69) is 5.32 Å². The highest BCUT2D eigenvalue weighted by atomic mass is 35.5. The Morgan fingerprint density at radius 3 is 2.88 bits per heavy atom. The first kappa shape index (κ1) is 19.2. The lowest BCUT2D eigenvalue weighted by Crippen LogP contribution is -2.26. The van der Waals surface area contributed by atoms with Crippen molar-refractivity contribution in [1.29, 1.82) is 5.26 Å². The van der Waals surface area contributed by atoms with Crippen LogP contribution in [0, 0.1) is 11.3 Å². The zero-order chi connectivity index (χ0) is 18.1. The number of hydrogen-bond acceptors (Lipinski definition) is 4. The number of nitriles is 1. The fourth-order valence-electron chi connectivity index (χ4n) is 2.14. The normalized spacial score (nSPS) is 11.2. The van der Waals surface area contributed by atoms with Crippen molar-refractivity contribution >= 4 is 34.9 Å². The van der Waals surface area contributed by atoms with Gasteiger partial charge in [0.15, 0.2) is 0 Å². The van der Waals surface area contributed by atoms with Crippen LogP contribution in [0.4, 0.5) is 0 Å². The molecule has 0 aliphatic rings. The van der Waals surface area contributed by atoms with Crippen molar-refractivity contribution in [2.75, 3.05) is 19.8 Å². The van der Waals surface area contributed by atoms with Crippen molar-refractivity contribution in [1.82, 2.24) is 5.32 Å². The molecule has 0 unspecified atom stereocenters. The van der Waals surface area contributed by atoms with Crippen LogP contribution in [0.2, 0.25) is 5.02 Å². The Morgan fingerprint density at radius 2 is 2.16 bits per heavy atom. The molecule has 25 heavy (non-hydrogen) atoms. The molecule has 1 aromatic heterocycles. The van der Waals surface area contributed by atoms with E-state index in [1.807, 2.05) is 49.4 Å². The smallest absolute Gasteiger partial charge is 0.261 e. The lowest BCUT2D eigenvalue weighted by Gasteiger charge is -2.04. The summed E-state index contributed by atoms with van der Waals surface area (Å²) in [5.74, 6) is -0.369. The van der Waals surface area contributed by atoms with Crippen LogP contribution in [-0.2, 0) is 9.53 Å². The number of nitrogens with zero attached hydrogens (tertiary/aromatic N) is 1. The molecule has 1 amide bonds. The molecule has 1 heterocycles. The lowest BCUT2D eigenvalue weighted by molar-refractivity contribution is -0.117. The van der Waals surface area contributed by atoms with E-state index in [1.165, 1.54) is 11.3 Å². The lowest BCUT2D eigenvalue weighted by atomic mass is 10.2. The number of thiophene rings is 1. The van der Waals surface area contributed by atoms with Crippen molar-refractivity contribution in [3.05, 3.63) is 51.9 Å². The number of hydrogen-bond donors (Lipinski definition) is 1. The Morgan fingerprint density at radius 1 is 1.36 bits per heavy atom. The van der Waals surface area contributed by atoms with E-state index >= 15 is 0 Å². The Balaban J connectivity index is 2.04. The van der Waals surface area contributed by atoms with Crippen LogP contribution in [0.25, 0.3) is 16.5 Å². The Hall–Kier alpha value is -2.13. The van der Waals surface area contributed by atoms with Gasteiger partial charge in [-0.1, -0.05) is 29.8 Å². The fraction of sp³-hybridized carbons (Fsp3) is 0.263. The molecule has 0 fully saturated rings. The molecule has 0 aliphatic carbocycles. The monoisotopic (exact) mass is 374 g/mol. The number of halogens is 1. The molecular weight excluding hydrogens is 356 g/mol. The molecule has 1 aromatic carbocycles. The van der Waals surface area contributed by atoms with E-state index in [4.69, 9.17) is 16.3 Å². The topological polar surface area (TPSA) is 62.1 Å². The highest BCUT2D eigenvalue weighted by molar-refractivity contribution is 7.16. The summed E-state index contributed by atoms with van der Waals surface area (Å²) in [6.07, 6.45) is 2.32. The summed E-state index contributed by atoms with van der Waals surface area (Å²) in [6.45, 7) is 3.65. The van der Waals surface area contributed by atoms with Gasteiger partial charge in [0.2, 0.25) is 0 Å². The van der Waals surface area contributed by atoms with Gasteiger partial charge in [0.05, 0.1) is 0 Å². The summed E-state index contributed by atoms with van der Waals surface area (Å²) in [5.41, 5.74) is 1.02. The molecule has 0 saturated carbocycles. The summed E-state index contributed by atoms with van der Waals surface area (Å²) in [5, 5.41) is 12.7. The second-order valence-corrected chi connectivity index (χ2v) is 6.68. The highest BCUT2D eigenvalue weighted by Gasteiger charge is 2.10. The van der Waals surface area contributed by atoms with Crippen molar-refractivity contribution in [3.63, 3.8) is 0 Å². The van der Waals surface area contributed by atoms with Gasteiger partial charge in [-0.15, -0.1) is 11.3 Å². The first-order valence-electron chi connectivity index (χ1n) is 7.98. The molecule has 0 atom stereocenters. The van der Waals surface area contributed by atoms with Crippen LogP contribution < -0.4 is 5.32 Å². The van der Waals surface area contributed by atoms with Crippen LogP contribution in [0.5, 0.6) is 0 Å². The van der Waals surface area contributed by atoms with Crippen LogP contribution in [0.15, 0.2) is 42.0 Å². The number of carbonyl (C=O) groups is 1. The molecule has 130 valence electrons. The van der Waals surface area contributed by atoms with Gasteiger partial charge in [-0.2, -0.15) is 5.26 Å². The Kier molecular flexibility index (Phi) is 7.68. The van der Waals surface area contributed by atoms with E-state index in [0.717, 1.165) is 15.3 Å². The number of amides is 1. The largest absolute Gasteiger partial charge is 0.382 e. The first-order chi connectivity index (χ1) is 12.2. The van der Waals surface area contributed by atoms with Crippen molar-refractivity contribution in [3.8, 4) is 16.5 Å². The summed E-state index contributed by atoms with van der Waals surface area (Å²) in [7, 11) is 0. The van der Waals surface area contributed by atoms with Gasteiger partial charge in [0.25, 0.3) is 5.91 Å². The van der Waals surface area contributed by atoms with Crippen molar-refractivity contribution in [2.24, 2.45) is 0 Å². The maximum absolute atomic E-state index is 12.1. The third-order valence-corrected chi connectivity index (χ3v) is 4.77. The number of carbonyl (C=O) groups excluding carboxylic acids is 1. The van der Waals surface area contributed by atoms with E-state index in [-0.39, 0.29) is 11.5 Å². The van der Waals surface area contributed by atoms with Gasteiger partial charge < -0.3 is 10.1 Å². The average Bonchev–Trinajstić information content (AvgIpc) is 3.08. The molecule has 0 spiro atoms. The van der Waals surface area contributed by atoms with Crippen LogP contribution in [0.1, 0.15) is 18.2 Å². The molecule has 2 rings (SSSR count). The number of nitrogens with one attached hydrogen (secondary N) is 1. The van der Waals surface area contributed by atoms with Crippen molar-refractivity contribution in [2.45, 2.75) is 13.3 Å². The molecular formula is C19H19ClN2O2S. The Labute approximate surface area is 156 Å². The van der Waals surface area contributed by atoms with E-state index < -0.39 is 0 Å². The standard InChI is InChI=1S/C19H19ClN2O2S/c1-2-24-11-5-10-22-19(23)14(13-21)12-15-8-9-18(25-15)16-6-3-4-7-17(16)20/h3-4,6-9,12H,2,5,10-11H2,1H3,(H,22,23)/b14-12-. The van der Waals surface area contributed by atoms with E-state index in [0.29, 0.717) is 31.2 Å². The van der Waals surface area contributed by atoms with Gasteiger partial charge in [-0.05, 0) is 37.6 Å². The molecule has 0 radical (unpaired) electrons. The fourth-order valence-corrected chi connectivity index (χ4v) is 3.43. The summed E-state index contributed by atoms with van der Waals surface area (Å²) >= 11 is 7.69. The third-order valence-electron chi connectivity index (χ3n) is 3.37. The zero-order valence-electron chi connectivity index (χ0n) is 13.9. The second-order valence-electron chi connectivity index (χ2n) is 5.16. The summed E-state index contributed by atoms with van der Waals surface area (Å²) in [6, 6.07) is 13.4. The van der Waals surface area contributed by atoms with Crippen LogP contribution >= 0.6 is 22.9 Å². The third kappa shape index (κ3) is 5.71. The van der Waals surface area contributed by atoms with Crippen LogP contribution in [0.3, 0.4) is 0 Å². The van der Waals surface area contributed by atoms with Gasteiger partial charge >= 0.3 is 0 Å². The van der Waals surface area contributed by atoms with E-state index in [9.17, 15) is 10.1 Å². The second kappa shape index (κ2) is 10.00. The van der Waals surface area contributed by atoms with Crippen molar-refractivity contribution < 1.29 is 9.53 Å². The van der Waals surface area contributed by atoms with Gasteiger partial charge in [0.1, 0.15) is 11.6 Å². The minimum Gasteiger partial charge on any atom is -0.382 e. The number of ether oxygens (including phenoxy) is 1. The molecule has 0 saturated heterocycles. The minimum atomic E-state index is -0.369. The van der Waals surface area contributed by atoms with Crippen LogP contribution in [-0.4, -0.2) is 25.7 Å². The maximum Gasteiger partial charge on any atom is 0.261 e. The van der Waals surface area contributed by atoms with Gasteiger partial charge in [0, 0.05) is 40.1 Å². The molecule has 0 aliphatic heterocycles. The predicted octanol–water partition coefficient (Wildman–Crippen LogP) is 4.52. The zero-order valence-corrected chi connectivity index (χ0v) is 15.5.